The molecule has 0 amide bonds. The maximum absolute atomic E-state index is 4.69. The second kappa shape index (κ2) is 5.67. The highest BCUT2D eigenvalue weighted by Gasteiger charge is 2.45. The van der Waals surface area contributed by atoms with Gasteiger partial charge in [-0.15, -0.1) is 0 Å². The van der Waals surface area contributed by atoms with Crippen LogP contribution in [0.15, 0.2) is 16.6 Å². The van der Waals surface area contributed by atoms with Crippen LogP contribution in [0.4, 0.5) is 0 Å². The van der Waals surface area contributed by atoms with Gasteiger partial charge in [0.2, 0.25) is 0 Å². The molecular weight excluding hydrogens is 238 g/mol. The first-order valence-corrected chi connectivity index (χ1v) is 7.71. The number of hydrogen-bond donors (Lipinski definition) is 0. The van der Waals surface area contributed by atoms with Crippen molar-refractivity contribution in [3.63, 3.8) is 0 Å². The lowest BCUT2D eigenvalue weighted by Gasteiger charge is -2.32. The molecule has 1 fully saturated rings. The van der Waals surface area contributed by atoms with Crippen molar-refractivity contribution in [3.05, 3.63) is 11.6 Å². The first kappa shape index (κ1) is 14.0. The van der Waals surface area contributed by atoms with Crippen molar-refractivity contribution < 1.29 is 0 Å². The Labute approximate surface area is 117 Å². The molecular formula is C16H25NS. The van der Waals surface area contributed by atoms with Crippen molar-refractivity contribution in [3.8, 4) is 0 Å². The molecule has 0 radical (unpaired) electrons. The highest BCUT2D eigenvalue weighted by Crippen LogP contribution is 2.54. The summed E-state index contributed by atoms with van der Waals surface area (Å²) in [5.41, 5.74) is 2.03. The first-order chi connectivity index (χ1) is 8.57. The third-order valence-electron chi connectivity index (χ3n) is 5.18. The monoisotopic (exact) mass is 263 g/mol. The number of rotatable bonds is 3. The van der Waals surface area contributed by atoms with Crippen molar-refractivity contribution in [2.45, 2.75) is 52.9 Å². The lowest BCUT2D eigenvalue weighted by atomic mass is 9.72. The normalized spacial score (nSPS) is 35.7. The van der Waals surface area contributed by atoms with Crippen molar-refractivity contribution in [2.75, 3.05) is 6.54 Å². The summed E-state index contributed by atoms with van der Waals surface area (Å²) in [4.78, 5) is 4.14. The summed E-state index contributed by atoms with van der Waals surface area (Å²) in [6.45, 7) is 8.04. The SMILES string of the molecule is CC(C)[C@H]1CC[C@]2(C)CCCC(CN=C=S)=C[C@H]12. The van der Waals surface area contributed by atoms with Gasteiger partial charge in [-0.25, -0.2) is 4.99 Å². The first-order valence-electron chi connectivity index (χ1n) is 7.30. The molecule has 18 heavy (non-hydrogen) atoms. The Balaban J connectivity index is 2.24. The van der Waals surface area contributed by atoms with Crippen LogP contribution in [0, 0.1) is 23.2 Å². The maximum Gasteiger partial charge on any atom is 0.0703 e. The Morgan fingerprint density at radius 3 is 2.94 bits per heavy atom. The van der Waals surface area contributed by atoms with E-state index in [1.165, 1.54) is 37.7 Å². The minimum absolute atomic E-state index is 0.540. The molecule has 0 unspecified atom stereocenters. The molecule has 2 rings (SSSR count). The van der Waals surface area contributed by atoms with E-state index in [-0.39, 0.29) is 0 Å². The lowest BCUT2D eigenvalue weighted by Crippen LogP contribution is -2.25. The van der Waals surface area contributed by atoms with E-state index in [0.29, 0.717) is 5.41 Å². The molecule has 1 nitrogen and oxygen atoms in total. The molecule has 1 saturated carbocycles. The quantitative estimate of drug-likeness (QED) is 0.401. The lowest BCUT2D eigenvalue weighted by molar-refractivity contribution is 0.200. The van der Waals surface area contributed by atoms with E-state index < -0.39 is 0 Å². The van der Waals surface area contributed by atoms with E-state index >= 15 is 0 Å². The third kappa shape index (κ3) is 2.75. The molecule has 0 aromatic heterocycles. The molecule has 0 saturated heterocycles. The van der Waals surface area contributed by atoms with Crippen molar-refractivity contribution in [1.82, 2.24) is 0 Å². The summed E-state index contributed by atoms with van der Waals surface area (Å²) < 4.78 is 0. The van der Waals surface area contributed by atoms with Gasteiger partial charge in [0.1, 0.15) is 0 Å². The van der Waals surface area contributed by atoms with E-state index in [1.54, 1.807) is 0 Å². The van der Waals surface area contributed by atoms with Gasteiger partial charge in [0, 0.05) is 0 Å². The molecule has 2 aliphatic carbocycles. The Morgan fingerprint density at radius 1 is 1.50 bits per heavy atom. The largest absolute Gasteiger partial charge is 0.228 e. The van der Waals surface area contributed by atoms with Crippen LogP contribution in [-0.4, -0.2) is 11.7 Å². The van der Waals surface area contributed by atoms with Crippen LogP contribution in [-0.2, 0) is 0 Å². The number of allylic oxidation sites excluding steroid dienone is 1. The van der Waals surface area contributed by atoms with E-state index in [4.69, 9.17) is 12.2 Å². The Kier molecular flexibility index (Phi) is 4.40. The standard InChI is InChI=1S/C16H25NS/c1-12(2)14-6-8-16(3)7-4-5-13(9-15(14)16)10-17-11-18/h9,12,14-15H,4-8,10H2,1-3H3/t14-,15-,16+/m1/s1. The van der Waals surface area contributed by atoms with E-state index in [9.17, 15) is 0 Å². The van der Waals surface area contributed by atoms with Gasteiger partial charge in [0.15, 0.2) is 0 Å². The molecule has 0 spiro atoms. The number of isothiocyanates is 1. The minimum Gasteiger partial charge on any atom is -0.228 e. The molecule has 0 aliphatic heterocycles. The fourth-order valence-corrected chi connectivity index (χ4v) is 4.11. The molecule has 100 valence electrons. The number of aliphatic imine (C=N–C) groups is 1. The van der Waals surface area contributed by atoms with Gasteiger partial charge in [-0.2, -0.15) is 0 Å². The average Bonchev–Trinajstić information content (AvgIpc) is 2.55. The Hall–Kier alpha value is -0.460. The van der Waals surface area contributed by atoms with Crippen LogP contribution < -0.4 is 0 Å². The maximum atomic E-state index is 4.69. The van der Waals surface area contributed by atoms with Gasteiger partial charge in [-0.1, -0.05) is 32.4 Å². The van der Waals surface area contributed by atoms with E-state index in [0.717, 1.165) is 24.3 Å². The predicted molar refractivity (Wildman–Crippen MR) is 81.0 cm³/mol. The van der Waals surface area contributed by atoms with Gasteiger partial charge >= 0.3 is 0 Å². The van der Waals surface area contributed by atoms with Crippen molar-refractivity contribution in [1.29, 1.82) is 0 Å². The Morgan fingerprint density at radius 2 is 2.28 bits per heavy atom. The summed E-state index contributed by atoms with van der Waals surface area (Å²) in [5, 5.41) is 2.51. The van der Waals surface area contributed by atoms with Gasteiger partial charge in [0.25, 0.3) is 0 Å². The van der Waals surface area contributed by atoms with Crippen LogP contribution in [0.25, 0.3) is 0 Å². The molecule has 2 heteroatoms. The molecule has 0 bridgehead atoms. The van der Waals surface area contributed by atoms with Crippen LogP contribution in [0.2, 0.25) is 0 Å². The summed E-state index contributed by atoms with van der Waals surface area (Å²) in [6, 6.07) is 0. The fraction of sp³-hybridized carbons (Fsp3) is 0.812. The second-order valence-corrected chi connectivity index (χ2v) is 6.89. The number of fused-ring (bicyclic) bond motifs is 1. The minimum atomic E-state index is 0.540. The van der Waals surface area contributed by atoms with Gasteiger partial charge in [-0.3, -0.25) is 0 Å². The van der Waals surface area contributed by atoms with Crippen molar-refractivity contribution >= 4 is 17.4 Å². The average molecular weight is 263 g/mol. The highest BCUT2D eigenvalue weighted by atomic mass is 32.1. The molecule has 0 aromatic rings. The summed E-state index contributed by atoms with van der Waals surface area (Å²) in [7, 11) is 0. The van der Waals surface area contributed by atoms with Crippen LogP contribution >= 0.6 is 12.2 Å². The molecule has 3 atom stereocenters. The summed E-state index contributed by atoms with van der Waals surface area (Å²) in [6.07, 6.45) is 9.26. The summed E-state index contributed by atoms with van der Waals surface area (Å²) >= 11 is 4.69. The van der Waals surface area contributed by atoms with Crippen molar-refractivity contribution in [2.24, 2.45) is 28.2 Å². The number of hydrogen-bond acceptors (Lipinski definition) is 2. The molecule has 0 N–H and O–H groups in total. The van der Waals surface area contributed by atoms with Crippen LogP contribution in [0.3, 0.4) is 0 Å². The van der Waals surface area contributed by atoms with Gasteiger partial charge < -0.3 is 0 Å². The molecule has 2 aliphatic rings. The molecule has 0 aromatic carbocycles. The predicted octanol–water partition coefficient (Wildman–Crippen LogP) is 4.89. The van der Waals surface area contributed by atoms with Crippen LogP contribution in [0.1, 0.15) is 52.9 Å². The Bertz CT molecular complexity index is 379. The van der Waals surface area contributed by atoms with E-state index in [1.807, 2.05) is 0 Å². The highest BCUT2D eigenvalue weighted by molar-refractivity contribution is 7.78. The smallest absolute Gasteiger partial charge is 0.0703 e. The van der Waals surface area contributed by atoms with E-state index in [2.05, 4.69) is 37.0 Å². The zero-order chi connectivity index (χ0) is 13.2. The van der Waals surface area contributed by atoms with Gasteiger partial charge in [-0.05, 0) is 67.5 Å². The third-order valence-corrected chi connectivity index (χ3v) is 5.31. The number of nitrogens with zero attached hydrogens (tertiary/aromatic N) is 1. The number of thiocarbonyl (C=S) groups is 1. The zero-order valence-electron chi connectivity index (χ0n) is 11.9. The van der Waals surface area contributed by atoms with Gasteiger partial charge in [0.05, 0.1) is 11.7 Å². The summed E-state index contributed by atoms with van der Waals surface area (Å²) in [5.74, 6) is 2.41. The fourth-order valence-electron chi connectivity index (χ4n) is 4.05. The second-order valence-electron chi connectivity index (χ2n) is 6.71. The van der Waals surface area contributed by atoms with Crippen LogP contribution in [0.5, 0.6) is 0 Å². The zero-order valence-corrected chi connectivity index (χ0v) is 12.7. The topological polar surface area (TPSA) is 12.4 Å². The molecule has 0 heterocycles.